The monoisotopic (exact) mass is 348 g/mol. The third-order valence-electron chi connectivity index (χ3n) is 3.94. The molecular formula is C17H18ClFN4O. The number of benzene rings is 1. The molecule has 0 bridgehead atoms. The Kier molecular flexibility index (Phi) is 4.43. The Bertz CT molecular complexity index is 941. The number of rotatable bonds is 4. The van der Waals surface area contributed by atoms with Gasteiger partial charge in [0.25, 0.3) is 5.56 Å². The van der Waals surface area contributed by atoms with E-state index in [0.717, 1.165) is 5.56 Å². The molecule has 3 aromatic rings. The fourth-order valence-corrected chi connectivity index (χ4v) is 2.97. The number of hydrogen-bond donors (Lipinski definition) is 1. The van der Waals surface area contributed by atoms with Crippen molar-refractivity contribution in [3.8, 4) is 0 Å². The van der Waals surface area contributed by atoms with Crippen LogP contribution in [-0.4, -0.2) is 33.6 Å². The maximum atomic E-state index is 14.0. The topological polar surface area (TPSA) is 53.4 Å². The highest BCUT2D eigenvalue weighted by molar-refractivity contribution is 6.31. The van der Waals surface area contributed by atoms with Crippen LogP contribution in [0.3, 0.4) is 0 Å². The van der Waals surface area contributed by atoms with E-state index in [1.165, 1.54) is 10.6 Å². The van der Waals surface area contributed by atoms with Gasteiger partial charge in [0.15, 0.2) is 5.65 Å². The largest absolute Gasteiger partial charge is 0.305 e. The summed E-state index contributed by atoms with van der Waals surface area (Å²) in [7, 11) is 3.89. The summed E-state index contributed by atoms with van der Waals surface area (Å²) in [4.78, 5) is 19.3. The Balaban J connectivity index is 2.12. The molecule has 7 heteroatoms. The van der Waals surface area contributed by atoms with Gasteiger partial charge in [0.2, 0.25) is 0 Å². The molecule has 2 heterocycles. The van der Waals surface area contributed by atoms with Crippen LogP contribution in [0.25, 0.3) is 5.65 Å². The van der Waals surface area contributed by atoms with Crippen molar-refractivity contribution in [2.24, 2.45) is 0 Å². The fraction of sp³-hybridized carbons (Fsp3) is 0.294. The van der Waals surface area contributed by atoms with Gasteiger partial charge in [0, 0.05) is 46.6 Å². The first kappa shape index (κ1) is 16.7. The maximum Gasteiger partial charge on any atom is 0.276 e. The summed E-state index contributed by atoms with van der Waals surface area (Å²) in [5.74, 6) is -0.425. The van der Waals surface area contributed by atoms with E-state index < -0.39 is 5.82 Å². The summed E-state index contributed by atoms with van der Waals surface area (Å²) in [5.41, 5.74) is 2.60. The maximum absolute atomic E-state index is 14.0. The van der Waals surface area contributed by atoms with E-state index in [9.17, 15) is 9.18 Å². The molecule has 0 aliphatic carbocycles. The van der Waals surface area contributed by atoms with Crippen molar-refractivity contribution in [2.75, 3.05) is 14.1 Å². The van der Waals surface area contributed by atoms with Crippen LogP contribution in [0.15, 0.2) is 29.2 Å². The third-order valence-corrected chi connectivity index (χ3v) is 4.29. The highest BCUT2D eigenvalue weighted by Gasteiger charge is 2.17. The second-order valence-corrected chi connectivity index (χ2v) is 6.46. The van der Waals surface area contributed by atoms with E-state index in [-0.39, 0.29) is 12.0 Å². The third kappa shape index (κ3) is 2.95. The van der Waals surface area contributed by atoms with Crippen LogP contribution < -0.4 is 5.56 Å². The zero-order chi connectivity index (χ0) is 17.4. The molecule has 0 radical (unpaired) electrons. The Morgan fingerprint density at radius 2 is 2.08 bits per heavy atom. The minimum atomic E-state index is -0.425. The highest BCUT2D eigenvalue weighted by atomic mass is 35.5. The van der Waals surface area contributed by atoms with Crippen molar-refractivity contribution in [3.63, 3.8) is 0 Å². The summed E-state index contributed by atoms with van der Waals surface area (Å²) in [6, 6.07) is 4.49. The van der Waals surface area contributed by atoms with Crippen LogP contribution in [0.4, 0.5) is 4.39 Å². The number of nitrogens with one attached hydrogen (secondary N) is 1. The van der Waals surface area contributed by atoms with Gasteiger partial charge in [-0.25, -0.2) is 13.9 Å². The zero-order valence-electron chi connectivity index (χ0n) is 13.7. The molecule has 0 saturated carbocycles. The van der Waals surface area contributed by atoms with Crippen LogP contribution in [0.5, 0.6) is 0 Å². The standard InChI is InChI=1S/C17H18ClFN4O/c1-10-12(7-13-14(18)5-4-6-15(13)19)17(24)23-16(21-10)11(8-20-23)9-22(2)3/h4-6,8,20H,7,9H2,1-3H3. The first-order chi connectivity index (χ1) is 11.4. The molecule has 0 unspecified atom stereocenters. The minimum Gasteiger partial charge on any atom is -0.305 e. The van der Waals surface area contributed by atoms with Gasteiger partial charge in [0.1, 0.15) is 5.82 Å². The average molecular weight is 349 g/mol. The molecule has 0 spiro atoms. The minimum absolute atomic E-state index is 0.105. The van der Waals surface area contributed by atoms with Crippen molar-refractivity contribution < 1.29 is 4.39 Å². The second kappa shape index (κ2) is 6.37. The summed E-state index contributed by atoms with van der Waals surface area (Å²) in [6.07, 6.45) is 1.87. The number of aromatic amines is 1. The lowest BCUT2D eigenvalue weighted by Gasteiger charge is -2.10. The number of aromatic nitrogens is 3. The molecular weight excluding hydrogens is 331 g/mol. The van der Waals surface area contributed by atoms with Crippen molar-refractivity contribution in [1.29, 1.82) is 0 Å². The quantitative estimate of drug-likeness (QED) is 0.788. The van der Waals surface area contributed by atoms with Crippen LogP contribution >= 0.6 is 11.6 Å². The molecule has 0 aliphatic rings. The van der Waals surface area contributed by atoms with Gasteiger partial charge < -0.3 is 4.90 Å². The first-order valence-corrected chi connectivity index (χ1v) is 7.92. The predicted octanol–water partition coefficient (Wildman–Crippen LogP) is 2.78. The predicted molar refractivity (Wildman–Crippen MR) is 92.2 cm³/mol. The lowest BCUT2D eigenvalue weighted by Crippen LogP contribution is -2.23. The van der Waals surface area contributed by atoms with Crippen LogP contribution in [0.1, 0.15) is 22.4 Å². The van der Waals surface area contributed by atoms with E-state index in [1.54, 1.807) is 25.3 Å². The Morgan fingerprint density at radius 1 is 1.33 bits per heavy atom. The summed E-state index contributed by atoms with van der Waals surface area (Å²) < 4.78 is 15.4. The number of halogens is 2. The number of fused-ring (bicyclic) bond motifs is 1. The number of H-pyrrole nitrogens is 1. The molecule has 3 rings (SSSR count). The van der Waals surface area contributed by atoms with E-state index >= 15 is 0 Å². The molecule has 126 valence electrons. The van der Waals surface area contributed by atoms with Crippen LogP contribution in [-0.2, 0) is 13.0 Å². The van der Waals surface area contributed by atoms with Gasteiger partial charge in [-0.15, -0.1) is 0 Å². The summed E-state index contributed by atoms with van der Waals surface area (Å²) >= 11 is 6.08. The van der Waals surface area contributed by atoms with E-state index in [2.05, 4.69) is 10.1 Å². The molecule has 0 atom stereocenters. The van der Waals surface area contributed by atoms with Crippen molar-refractivity contribution in [3.05, 3.63) is 68.0 Å². The molecule has 0 amide bonds. The van der Waals surface area contributed by atoms with Crippen LogP contribution in [0, 0.1) is 12.7 Å². The van der Waals surface area contributed by atoms with Crippen LogP contribution in [0.2, 0.25) is 5.02 Å². The molecule has 2 aromatic heterocycles. The number of aryl methyl sites for hydroxylation is 1. The second-order valence-electron chi connectivity index (χ2n) is 6.05. The molecule has 0 saturated heterocycles. The van der Waals surface area contributed by atoms with Gasteiger partial charge >= 0.3 is 0 Å². The van der Waals surface area contributed by atoms with Crippen molar-refractivity contribution in [2.45, 2.75) is 19.9 Å². The fourth-order valence-electron chi connectivity index (χ4n) is 2.74. The Hall–Kier alpha value is -2.18. The summed E-state index contributed by atoms with van der Waals surface area (Å²) in [6.45, 7) is 2.43. The van der Waals surface area contributed by atoms with Crippen molar-refractivity contribution in [1.82, 2.24) is 19.5 Å². The lowest BCUT2D eigenvalue weighted by atomic mass is 10.0. The number of hydrogen-bond acceptors (Lipinski definition) is 3. The van der Waals surface area contributed by atoms with Gasteiger partial charge in [-0.1, -0.05) is 17.7 Å². The van der Waals surface area contributed by atoms with Gasteiger partial charge in [-0.05, 0) is 33.2 Å². The lowest BCUT2D eigenvalue weighted by molar-refractivity contribution is 0.403. The zero-order valence-corrected chi connectivity index (χ0v) is 14.5. The molecule has 1 N–H and O–H groups in total. The first-order valence-electron chi connectivity index (χ1n) is 7.54. The molecule has 1 aromatic carbocycles. The normalized spacial score (nSPS) is 11.6. The van der Waals surface area contributed by atoms with Crippen molar-refractivity contribution >= 4 is 17.2 Å². The molecule has 5 nitrogen and oxygen atoms in total. The Labute approximate surface area is 143 Å². The Morgan fingerprint density at radius 3 is 2.75 bits per heavy atom. The average Bonchev–Trinajstić information content (AvgIpc) is 2.88. The molecule has 0 fully saturated rings. The number of nitrogens with zero attached hydrogens (tertiary/aromatic N) is 3. The van der Waals surface area contributed by atoms with E-state index in [1.807, 2.05) is 19.0 Å². The van der Waals surface area contributed by atoms with Gasteiger partial charge in [0.05, 0.1) is 0 Å². The molecule has 0 aliphatic heterocycles. The molecule has 24 heavy (non-hydrogen) atoms. The highest BCUT2D eigenvalue weighted by Crippen LogP contribution is 2.22. The van der Waals surface area contributed by atoms with E-state index in [4.69, 9.17) is 11.6 Å². The SMILES string of the molecule is Cc1nc2c(CN(C)C)c[nH]n2c(=O)c1Cc1c(F)cccc1Cl. The van der Waals surface area contributed by atoms with E-state index in [0.29, 0.717) is 34.0 Å². The summed E-state index contributed by atoms with van der Waals surface area (Å²) in [5, 5.41) is 3.24. The van der Waals surface area contributed by atoms with Gasteiger partial charge in [-0.2, -0.15) is 0 Å². The van der Waals surface area contributed by atoms with Gasteiger partial charge in [-0.3, -0.25) is 9.89 Å². The smallest absolute Gasteiger partial charge is 0.276 e.